The molecule has 1 unspecified atom stereocenters. The van der Waals surface area contributed by atoms with Crippen LogP contribution in [0.2, 0.25) is 0 Å². The Kier molecular flexibility index (Phi) is 4.44. The van der Waals surface area contributed by atoms with Crippen molar-refractivity contribution in [2.75, 3.05) is 11.4 Å². The Labute approximate surface area is 163 Å². The molecular formula is C19H17F4N5O. The molecule has 2 aromatic heterocycles. The van der Waals surface area contributed by atoms with Gasteiger partial charge in [-0.25, -0.2) is 9.37 Å². The van der Waals surface area contributed by atoms with Crippen LogP contribution in [0.1, 0.15) is 40.4 Å². The second kappa shape index (κ2) is 6.71. The van der Waals surface area contributed by atoms with Crippen molar-refractivity contribution in [1.29, 1.82) is 0 Å². The summed E-state index contributed by atoms with van der Waals surface area (Å²) in [6, 6.07) is 2.86. The number of carbonyl (C=O) groups is 1. The zero-order valence-electron chi connectivity index (χ0n) is 15.6. The Balaban J connectivity index is 1.78. The number of anilines is 1. The number of carbonyl (C=O) groups excluding carboxylic acids is 1. The predicted molar refractivity (Wildman–Crippen MR) is 97.2 cm³/mol. The first-order valence-electron chi connectivity index (χ1n) is 8.88. The summed E-state index contributed by atoms with van der Waals surface area (Å²) in [6.07, 6.45) is -1.52. The lowest BCUT2D eigenvalue weighted by molar-refractivity contribution is -0.138. The number of nitrogens with zero attached hydrogens (tertiary/aromatic N) is 4. The van der Waals surface area contributed by atoms with E-state index in [0.29, 0.717) is 22.8 Å². The quantitative estimate of drug-likeness (QED) is 0.659. The fraction of sp³-hybridized carbons (Fsp3) is 0.316. The van der Waals surface area contributed by atoms with E-state index < -0.39 is 29.9 Å². The number of aryl methyl sites for hydroxylation is 1. The molecule has 0 saturated carbocycles. The largest absolute Gasteiger partial charge is 0.416 e. The van der Waals surface area contributed by atoms with Gasteiger partial charge in [-0.2, -0.15) is 18.3 Å². The van der Waals surface area contributed by atoms with Gasteiger partial charge >= 0.3 is 6.18 Å². The highest BCUT2D eigenvalue weighted by Gasteiger charge is 2.36. The molecule has 3 heterocycles. The number of benzene rings is 1. The molecule has 0 saturated heterocycles. The van der Waals surface area contributed by atoms with Gasteiger partial charge in [-0.05, 0) is 37.6 Å². The smallest absolute Gasteiger partial charge is 0.342 e. The molecule has 0 aliphatic carbocycles. The highest BCUT2D eigenvalue weighted by Crippen LogP contribution is 2.37. The van der Waals surface area contributed by atoms with Crippen molar-refractivity contribution in [3.05, 3.63) is 53.2 Å². The number of H-pyrrole nitrogens is 1. The third kappa shape index (κ3) is 3.18. The van der Waals surface area contributed by atoms with Crippen LogP contribution in [0.4, 0.5) is 23.2 Å². The fourth-order valence-electron chi connectivity index (χ4n) is 3.57. The minimum Gasteiger partial charge on any atom is -0.342 e. The van der Waals surface area contributed by atoms with E-state index in [1.54, 1.807) is 24.0 Å². The topological polar surface area (TPSA) is 66.8 Å². The summed E-state index contributed by atoms with van der Waals surface area (Å²) in [5, 5.41) is 4.29. The average molecular weight is 407 g/mol. The van der Waals surface area contributed by atoms with E-state index in [-0.39, 0.29) is 18.3 Å². The van der Waals surface area contributed by atoms with Gasteiger partial charge in [0.25, 0.3) is 5.91 Å². The maximum absolute atomic E-state index is 13.3. The van der Waals surface area contributed by atoms with Crippen molar-refractivity contribution in [2.45, 2.75) is 32.7 Å². The molecule has 0 fully saturated rings. The van der Waals surface area contributed by atoms with Crippen LogP contribution in [0.15, 0.2) is 30.6 Å². The van der Waals surface area contributed by atoms with Crippen LogP contribution in [0.3, 0.4) is 0 Å². The maximum Gasteiger partial charge on any atom is 0.416 e. The van der Waals surface area contributed by atoms with Gasteiger partial charge in [0.2, 0.25) is 0 Å². The number of fused-ring (bicyclic) bond motifs is 1. The van der Waals surface area contributed by atoms with Crippen LogP contribution in [-0.4, -0.2) is 32.2 Å². The highest BCUT2D eigenvalue weighted by atomic mass is 19.4. The van der Waals surface area contributed by atoms with Gasteiger partial charge in [-0.15, -0.1) is 0 Å². The molecule has 0 bridgehead atoms. The number of rotatable bonds is 3. The van der Waals surface area contributed by atoms with Crippen LogP contribution >= 0.6 is 0 Å². The van der Waals surface area contributed by atoms with Gasteiger partial charge in [-0.3, -0.25) is 9.48 Å². The number of amides is 1. The first-order valence-corrected chi connectivity index (χ1v) is 8.88. The van der Waals surface area contributed by atoms with E-state index in [1.807, 2.05) is 6.92 Å². The molecule has 3 aromatic rings. The molecule has 1 aliphatic heterocycles. The van der Waals surface area contributed by atoms with Crippen molar-refractivity contribution >= 4 is 11.6 Å². The molecule has 1 aliphatic rings. The predicted octanol–water partition coefficient (Wildman–Crippen LogP) is 4.29. The molecule has 1 amide bonds. The SMILES string of the molecule is Cc1ncc(-c2cnn3c2C(=O)N(c2ccc(C(F)(F)F)c(CF)c2)CC3C)[nH]1. The normalized spacial score (nSPS) is 17.0. The lowest BCUT2D eigenvalue weighted by atomic mass is 10.0. The molecule has 10 heteroatoms. The maximum atomic E-state index is 13.3. The summed E-state index contributed by atoms with van der Waals surface area (Å²) in [4.78, 5) is 21.8. The van der Waals surface area contributed by atoms with Gasteiger partial charge in [-0.1, -0.05) is 0 Å². The number of hydrogen-bond donors (Lipinski definition) is 1. The number of alkyl halides is 4. The lowest BCUT2D eigenvalue weighted by Gasteiger charge is -2.32. The zero-order chi connectivity index (χ0) is 20.9. The van der Waals surface area contributed by atoms with Gasteiger partial charge < -0.3 is 9.88 Å². The standard InChI is InChI=1S/C19H17F4N5O/c1-10-9-27(13-3-4-15(19(21,22)23)12(5-13)6-20)18(29)17-14(7-25-28(10)17)16-8-24-11(2)26-16/h3-5,7-8,10H,6,9H2,1-2H3,(H,24,26). The molecule has 152 valence electrons. The monoisotopic (exact) mass is 407 g/mol. The summed E-state index contributed by atoms with van der Waals surface area (Å²) in [5.41, 5.74) is 0.127. The third-order valence-corrected chi connectivity index (χ3v) is 4.95. The Bertz CT molecular complexity index is 1080. The van der Waals surface area contributed by atoms with E-state index in [1.165, 1.54) is 11.0 Å². The van der Waals surface area contributed by atoms with Gasteiger partial charge in [0.05, 0.1) is 35.3 Å². The number of nitrogens with one attached hydrogen (secondary N) is 1. The molecule has 6 nitrogen and oxygen atoms in total. The fourth-order valence-corrected chi connectivity index (χ4v) is 3.57. The summed E-state index contributed by atoms with van der Waals surface area (Å²) in [6.45, 7) is 2.54. The molecule has 1 atom stereocenters. The van der Waals surface area contributed by atoms with E-state index in [4.69, 9.17) is 0 Å². The first-order chi connectivity index (χ1) is 13.7. The van der Waals surface area contributed by atoms with Crippen molar-refractivity contribution in [3.63, 3.8) is 0 Å². The van der Waals surface area contributed by atoms with E-state index in [2.05, 4.69) is 15.1 Å². The lowest BCUT2D eigenvalue weighted by Crippen LogP contribution is -2.43. The van der Waals surface area contributed by atoms with Crippen LogP contribution in [0, 0.1) is 6.92 Å². The summed E-state index contributed by atoms with van der Waals surface area (Å²) in [7, 11) is 0. The Morgan fingerprint density at radius 1 is 1.28 bits per heavy atom. The van der Waals surface area contributed by atoms with E-state index in [0.717, 1.165) is 12.1 Å². The molecule has 0 radical (unpaired) electrons. The summed E-state index contributed by atoms with van der Waals surface area (Å²) >= 11 is 0. The van der Waals surface area contributed by atoms with Crippen LogP contribution in [0.25, 0.3) is 11.3 Å². The van der Waals surface area contributed by atoms with Gasteiger partial charge in [0.1, 0.15) is 18.2 Å². The first kappa shape index (κ1) is 19.2. The molecule has 4 rings (SSSR count). The Morgan fingerprint density at radius 3 is 2.66 bits per heavy atom. The summed E-state index contributed by atoms with van der Waals surface area (Å²) < 4.78 is 54.1. The third-order valence-electron chi connectivity index (χ3n) is 4.95. The van der Waals surface area contributed by atoms with Crippen LogP contribution in [0.5, 0.6) is 0 Å². The Morgan fingerprint density at radius 2 is 2.03 bits per heavy atom. The molecule has 0 spiro atoms. The number of halogens is 4. The summed E-state index contributed by atoms with van der Waals surface area (Å²) in [5.74, 6) is 0.246. The number of imidazole rings is 1. The van der Waals surface area contributed by atoms with Crippen molar-refractivity contribution in [3.8, 4) is 11.3 Å². The minimum absolute atomic E-state index is 0.200. The van der Waals surface area contributed by atoms with E-state index >= 15 is 0 Å². The second-order valence-corrected chi connectivity index (χ2v) is 6.97. The highest BCUT2D eigenvalue weighted by molar-refractivity contribution is 6.09. The molecule has 29 heavy (non-hydrogen) atoms. The average Bonchev–Trinajstić information content (AvgIpc) is 3.30. The van der Waals surface area contributed by atoms with Gasteiger partial charge in [0, 0.05) is 12.2 Å². The second-order valence-electron chi connectivity index (χ2n) is 6.97. The van der Waals surface area contributed by atoms with Crippen molar-refractivity contribution < 1.29 is 22.4 Å². The number of aromatic nitrogens is 4. The minimum atomic E-state index is -4.66. The van der Waals surface area contributed by atoms with Crippen LogP contribution < -0.4 is 4.90 Å². The zero-order valence-corrected chi connectivity index (χ0v) is 15.6. The number of aromatic amines is 1. The molecular weight excluding hydrogens is 390 g/mol. The number of hydrogen-bond acceptors (Lipinski definition) is 3. The molecule has 1 N–H and O–H groups in total. The van der Waals surface area contributed by atoms with Crippen molar-refractivity contribution in [2.24, 2.45) is 0 Å². The molecule has 1 aromatic carbocycles. The van der Waals surface area contributed by atoms with Crippen molar-refractivity contribution in [1.82, 2.24) is 19.7 Å². The van der Waals surface area contributed by atoms with E-state index in [9.17, 15) is 22.4 Å². The van der Waals surface area contributed by atoms with Gasteiger partial charge in [0.15, 0.2) is 0 Å². The Hall–Kier alpha value is -3.17. The van der Waals surface area contributed by atoms with Crippen LogP contribution in [-0.2, 0) is 12.9 Å².